The molecule has 24 heavy (non-hydrogen) atoms. The van der Waals surface area contributed by atoms with E-state index in [-0.39, 0.29) is 24.0 Å². The topological polar surface area (TPSA) is 52.6 Å². The lowest BCUT2D eigenvalue weighted by atomic mass is 9.68. The van der Waals surface area contributed by atoms with Gasteiger partial charge in [-0.05, 0) is 30.7 Å². The number of nitrogens with one attached hydrogen (secondary N) is 2. The van der Waals surface area contributed by atoms with Gasteiger partial charge in [-0.15, -0.1) is 24.0 Å². The third-order valence-electron chi connectivity index (χ3n) is 4.87. The Labute approximate surface area is 170 Å². The smallest absolute Gasteiger partial charge is 0.193 e. The fraction of sp³-hybridized carbons (Fsp3) is 0.625. The van der Waals surface area contributed by atoms with Crippen molar-refractivity contribution in [1.82, 2.24) is 15.2 Å². The van der Waals surface area contributed by atoms with Gasteiger partial charge in [-0.2, -0.15) is 0 Å². The average molecular weight is 484 g/mol. The van der Waals surface area contributed by atoms with Crippen LogP contribution >= 0.6 is 47.2 Å². The number of nitrogens with zero attached hydrogens (tertiary/aromatic N) is 3. The summed E-state index contributed by atoms with van der Waals surface area (Å²) in [5.74, 6) is 1.65. The van der Waals surface area contributed by atoms with Gasteiger partial charge in [0.15, 0.2) is 5.96 Å². The molecule has 1 spiro atoms. The number of aromatic nitrogens is 1. The van der Waals surface area contributed by atoms with Gasteiger partial charge in [0.05, 0.1) is 10.0 Å². The molecule has 1 aliphatic carbocycles. The Balaban J connectivity index is 0.00000208. The van der Waals surface area contributed by atoms with Crippen molar-refractivity contribution in [2.75, 3.05) is 38.5 Å². The molecular weight excluding hydrogens is 460 g/mol. The van der Waals surface area contributed by atoms with E-state index in [2.05, 4.69) is 25.5 Å². The molecule has 0 bridgehead atoms. The van der Waals surface area contributed by atoms with Gasteiger partial charge in [-0.3, -0.25) is 4.99 Å². The standard InChI is InChI=1S/C16H23Cl2N5.HI/c1-19-15(23-8-5-16(11-23)3-2-4-16)21-7-6-20-14-13(18)9-12(17)10-22-14;/h9-10H,2-8,11H2,1H3,(H,19,21)(H,20,22);1H. The number of aliphatic imine (C=N–C) groups is 1. The van der Waals surface area contributed by atoms with Crippen molar-refractivity contribution in [3.63, 3.8) is 0 Å². The molecule has 3 rings (SSSR count). The van der Waals surface area contributed by atoms with Crippen LogP contribution in [0.5, 0.6) is 0 Å². The van der Waals surface area contributed by atoms with Crippen LogP contribution in [0, 0.1) is 5.41 Å². The van der Waals surface area contributed by atoms with Gasteiger partial charge in [0, 0.05) is 39.4 Å². The Hall–Kier alpha value is -0.470. The maximum absolute atomic E-state index is 6.09. The van der Waals surface area contributed by atoms with E-state index < -0.39 is 0 Å². The lowest BCUT2D eigenvalue weighted by Crippen LogP contribution is -2.43. The summed E-state index contributed by atoms with van der Waals surface area (Å²) in [6.45, 7) is 3.73. The summed E-state index contributed by atoms with van der Waals surface area (Å²) < 4.78 is 0. The van der Waals surface area contributed by atoms with Gasteiger partial charge in [0.1, 0.15) is 5.82 Å². The highest BCUT2D eigenvalue weighted by atomic mass is 127. The van der Waals surface area contributed by atoms with Crippen LogP contribution in [-0.2, 0) is 0 Å². The summed E-state index contributed by atoms with van der Waals surface area (Å²) in [4.78, 5) is 11.0. The molecule has 1 aromatic rings. The fourth-order valence-corrected chi connectivity index (χ4v) is 3.88. The maximum atomic E-state index is 6.09. The van der Waals surface area contributed by atoms with Crippen LogP contribution in [0.25, 0.3) is 0 Å². The van der Waals surface area contributed by atoms with E-state index in [1.165, 1.54) is 25.7 Å². The minimum atomic E-state index is 0. The van der Waals surface area contributed by atoms with Gasteiger partial charge in [-0.1, -0.05) is 29.6 Å². The maximum Gasteiger partial charge on any atom is 0.193 e. The second kappa shape index (κ2) is 8.76. The molecule has 1 saturated carbocycles. The molecule has 1 aliphatic heterocycles. The third kappa shape index (κ3) is 4.58. The number of halogens is 3. The zero-order valence-corrected chi connectivity index (χ0v) is 17.7. The van der Waals surface area contributed by atoms with E-state index in [0.29, 0.717) is 27.8 Å². The number of anilines is 1. The van der Waals surface area contributed by atoms with Gasteiger partial charge in [-0.25, -0.2) is 4.98 Å². The van der Waals surface area contributed by atoms with Crippen LogP contribution in [0.4, 0.5) is 5.82 Å². The summed E-state index contributed by atoms with van der Waals surface area (Å²) >= 11 is 11.9. The first-order chi connectivity index (χ1) is 11.1. The number of pyridine rings is 1. The zero-order chi connectivity index (χ0) is 16.3. The highest BCUT2D eigenvalue weighted by Gasteiger charge is 2.43. The van der Waals surface area contributed by atoms with Crippen LogP contribution in [0.15, 0.2) is 17.3 Å². The summed E-state index contributed by atoms with van der Waals surface area (Å²) in [6, 6.07) is 1.69. The highest BCUT2D eigenvalue weighted by Crippen LogP contribution is 2.47. The molecule has 0 unspecified atom stereocenters. The average Bonchev–Trinajstić information content (AvgIpc) is 2.95. The molecule has 2 N–H and O–H groups in total. The predicted molar refractivity (Wildman–Crippen MR) is 112 cm³/mol. The molecule has 2 aliphatic rings. The van der Waals surface area contributed by atoms with E-state index in [1.54, 1.807) is 12.3 Å². The van der Waals surface area contributed by atoms with Crippen molar-refractivity contribution in [2.24, 2.45) is 10.4 Å². The summed E-state index contributed by atoms with van der Waals surface area (Å²) in [5, 5.41) is 7.70. The van der Waals surface area contributed by atoms with Crippen molar-refractivity contribution in [2.45, 2.75) is 25.7 Å². The quantitative estimate of drug-likeness (QED) is 0.295. The predicted octanol–water partition coefficient (Wildman–Crippen LogP) is 3.87. The van der Waals surface area contributed by atoms with Gasteiger partial charge in [0.25, 0.3) is 0 Å². The molecule has 2 fully saturated rings. The van der Waals surface area contributed by atoms with Crippen LogP contribution < -0.4 is 10.6 Å². The third-order valence-corrected chi connectivity index (χ3v) is 5.37. The summed E-state index contributed by atoms with van der Waals surface area (Å²) in [5.41, 5.74) is 0.580. The van der Waals surface area contributed by atoms with Crippen LogP contribution in [-0.4, -0.2) is 49.1 Å². The van der Waals surface area contributed by atoms with Crippen molar-refractivity contribution < 1.29 is 0 Å². The van der Waals surface area contributed by atoms with E-state index in [0.717, 1.165) is 25.6 Å². The number of hydrogen-bond donors (Lipinski definition) is 2. The Morgan fingerprint density at radius 2 is 2.12 bits per heavy atom. The summed E-state index contributed by atoms with van der Waals surface area (Å²) in [7, 11) is 1.85. The van der Waals surface area contributed by atoms with Gasteiger partial charge in [0.2, 0.25) is 0 Å². The van der Waals surface area contributed by atoms with Crippen molar-refractivity contribution >= 4 is 59.0 Å². The number of likely N-dealkylation sites (tertiary alicyclic amines) is 1. The minimum Gasteiger partial charge on any atom is -0.367 e. The van der Waals surface area contributed by atoms with E-state index in [9.17, 15) is 0 Å². The number of hydrogen-bond acceptors (Lipinski definition) is 3. The first-order valence-corrected chi connectivity index (χ1v) is 8.88. The number of rotatable bonds is 4. The molecule has 5 nitrogen and oxygen atoms in total. The Morgan fingerprint density at radius 3 is 2.71 bits per heavy atom. The van der Waals surface area contributed by atoms with Crippen molar-refractivity contribution in [1.29, 1.82) is 0 Å². The molecule has 0 radical (unpaired) electrons. The first-order valence-electron chi connectivity index (χ1n) is 8.12. The van der Waals surface area contributed by atoms with Crippen molar-refractivity contribution in [3.05, 3.63) is 22.3 Å². The monoisotopic (exact) mass is 483 g/mol. The Bertz CT molecular complexity index is 592. The second-order valence-corrected chi connectivity index (χ2v) is 7.25. The normalized spacial score (nSPS) is 19.0. The van der Waals surface area contributed by atoms with Crippen LogP contribution in [0.2, 0.25) is 10.0 Å². The van der Waals surface area contributed by atoms with Crippen LogP contribution in [0.1, 0.15) is 25.7 Å². The molecule has 2 heterocycles. The van der Waals surface area contributed by atoms with E-state index in [4.69, 9.17) is 23.2 Å². The van der Waals surface area contributed by atoms with E-state index in [1.807, 2.05) is 7.05 Å². The minimum absolute atomic E-state index is 0. The molecule has 0 atom stereocenters. The van der Waals surface area contributed by atoms with Gasteiger partial charge < -0.3 is 15.5 Å². The molecule has 134 valence electrons. The SMILES string of the molecule is CN=C(NCCNc1ncc(Cl)cc1Cl)N1CCC2(CCC2)C1.I. The lowest BCUT2D eigenvalue weighted by Gasteiger charge is -2.38. The first kappa shape index (κ1) is 19.8. The van der Waals surface area contributed by atoms with Crippen LogP contribution in [0.3, 0.4) is 0 Å². The number of guanidine groups is 1. The second-order valence-electron chi connectivity index (χ2n) is 6.41. The molecular formula is C16H24Cl2IN5. The van der Waals surface area contributed by atoms with Gasteiger partial charge >= 0.3 is 0 Å². The zero-order valence-electron chi connectivity index (χ0n) is 13.8. The fourth-order valence-electron chi connectivity index (χ4n) is 3.43. The van der Waals surface area contributed by atoms with Crippen molar-refractivity contribution in [3.8, 4) is 0 Å². The molecule has 8 heteroatoms. The Morgan fingerprint density at radius 1 is 1.33 bits per heavy atom. The molecule has 1 aromatic heterocycles. The molecule has 0 amide bonds. The molecule has 1 saturated heterocycles. The highest BCUT2D eigenvalue weighted by molar-refractivity contribution is 14.0. The Kier molecular flexibility index (Phi) is 7.24. The lowest BCUT2D eigenvalue weighted by molar-refractivity contribution is 0.151. The summed E-state index contributed by atoms with van der Waals surface area (Å²) in [6.07, 6.45) is 7.03. The largest absolute Gasteiger partial charge is 0.367 e. The van der Waals surface area contributed by atoms with E-state index >= 15 is 0 Å². The molecule has 0 aromatic carbocycles.